The van der Waals surface area contributed by atoms with Gasteiger partial charge in [-0.05, 0) is 42.2 Å². The van der Waals surface area contributed by atoms with E-state index < -0.39 is 6.10 Å². The number of rotatable bonds is 7. The standard InChI is InChI=1S/C23H32N2O2/c1-18(2)22-10-9-19(3)15-23(22)27-17-21(26)16-24-11-13-25(14-12-24)20-7-5-4-6-8-20/h4-10,15,18,21,26H,11-14,16-17H2,1-3H3/t21-/m0/s1. The van der Waals surface area contributed by atoms with Crippen molar-refractivity contribution in [3.8, 4) is 5.75 Å². The van der Waals surface area contributed by atoms with E-state index in [1.165, 1.54) is 16.8 Å². The van der Waals surface area contributed by atoms with Crippen LogP contribution in [-0.4, -0.2) is 55.4 Å². The van der Waals surface area contributed by atoms with Crippen LogP contribution in [0.5, 0.6) is 5.75 Å². The molecule has 0 radical (unpaired) electrons. The molecule has 0 unspecified atom stereocenters. The molecule has 0 saturated carbocycles. The van der Waals surface area contributed by atoms with Crippen molar-refractivity contribution in [2.75, 3.05) is 44.2 Å². The quantitative estimate of drug-likeness (QED) is 0.809. The number of ether oxygens (including phenoxy) is 1. The molecule has 1 fully saturated rings. The molecule has 2 aromatic rings. The molecule has 27 heavy (non-hydrogen) atoms. The third kappa shape index (κ3) is 5.47. The van der Waals surface area contributed by atoms with Gasteiger partial charge in [0.25, 0.3) is 0 Å². The first kappa shape index (κ1) is 19.7. The second-order valence-electron chi connectivity index (χ2n) is 7.78. The number of para-hydroxylation sites is 1. The predicted molar refractivity (Wildman–Crippen MR) is 112 cm³/mol. The minimum atomic E-state index is -0.478. The molecule has 146 valence electrons. The van der Waals surface area contributed by atoms with Crippen molar-refractivity contribution in [1.82, 2.24) is 4.90 Å². The van der Waals surface area contributed by atoms with Crippen molar-refractivity contribution in [3.63, 3.8) is 0 Å². The zero-order valence-electron chi connectivity index (χ0n) is 16.8. The largest absolute Gasteiger partial charge is 0.491 e. The van der Waals surface area contributed by atoms with Crippen molar-refractivity contribution in [2.45, 2.75) is 32.8 Å². The molecule has 1 N–H and O–H groups in total. The minimum absolute atomic E-state index is 0.335. The second-order valence-corrected chi connectivity index (χ2v) is 7.78. The number of hydrogen-bond donors (Lipinski definition) is 1. The van der Waals surface area contributed by atoms with Crippen LogP contribution >= 0.6 is 0 Å². The Bertz CT molecular complexity index is 710. The summed E-state index contributed by atoms with van der Waals surface area (Å²) in [5, 5.41) is 10.5. The number of anilines is 1. The van der Waals surface area contributed by atoms with Crippen LogP contribution in [-0.2, 0) is 0 Å². The van der Waals surface area contributed by atoms with E-state index in [4.69, 9.17) is 4.74 Å². The molecule has 1 heterocycles. The molecule has 4 heteroatoms. The fourth-order valence-corrected chi connectivity index (χ4v) is 3.61. The molecule has 1 atom stereocenters. The normalized spacial score (nSPS) is 16.6. The number of nitrogens with zero attached hydrogens (tertiary/aromatic N) is 2. The highest BCUT2D eigenvalue weighted by Crippen LogP contribution is 2.27. The average molecular weight is 369 g/mol. The summed E-state index contributed by atoms with van der Waals surface area (Å²) in [5.74, 6) is 1.31. The van der Waals surface area contributed by atoms with Crippen LogP contribution in [0.3, 0.4) is 0 Å². The summed E-state index contributed by atoms with van der Waals surface area (Å²) in [6.45, 7) is 11.3. The van der Waals surface area contributed by atoms with Crippen LogP contribution in [0.25, 0.3) is 0 Å². The number of benzene rings is 2. The molecular formula is C23H32N2O2. The molecular weight excluding hydrogens is 336 g/mol. The number of aryl methyl sites for hydroxylation is 1. The molecule has 1 aliphatic rings. The number of hydrogen-bond acceptors (Lipinski definition) is 4. The van der Waals surface area contributed by atoms with Crippen molar-refractivity contribution >= 4 is 5.69 Å². The van der Waals surface area contributed by atoms with E-state index in [0.717, 1.165) is 31.9 Å². The lowest BCUT2D eigenvalue weighted by Crippen LogP contribution is -2.49. The molecule has 0 aliphatic carbocycles. The Morgan fingerprint density at radius 2 is 1.70 bits per heavy atom. The SMILES string of the molecule is Cc1ccc(C(C)C)c(OC[C@@H](O)CN2CCN(c3ccccc3)CC2)c1. The highest BCUT2D eigenvalue weighted by atomic mass is 16.5. The van der Waals surface area contributed by atoms with Gasteiger partial charge in [-0.3, -0.25) is 4.90 Å². The zero-order valence-corrected chi connectivity index (χ0v) is 16.8. The van der Waals surface area contributed by atoms with E-state index >= 15 is 0 Å². The predicted octanol–water partition coefficient (Wildman–Crippen LogP) is 3.68. The maximum atomic E-state index is 10.5. The molecule has 0 bridgehead atoms. The van der Waals surface area contributed by atoms with Gasteiger partial charge in [0.15, 0.2) is 0 Å². The molecule has 0 spiro atoms. The van der Waals surface area contributed by atoms with Gasteiger partial charge in [-0.15, -0.1) is 0 Å². The van der Waals surface area contributed by atoms with Crippen LogP contribution in [0.1, 0.15) is 30.9 Å². The minimum Gasteiger partial charge on any atom is -0.491 e. The van der Waals surface area contributed by atoms with Crippen LogP contribution in [0.4, 0.5) is 5.69 Å². The number of piperazine rings is 1. The third-order valence-electron chi connectivity index (χ3n) is 5.18. The Hall–Kier alpha value is -2.04. The van der Waals surface area contributed by atoms with E-state index in [9.17, 15) is 5.11 Å². The van der Waals surface area contributed by atoms with Crippen molar-refractivity contribution in [3.05, 3.63) is 59.7 Å². The van der Waals surface area contributed by atoms with E-state index in [1.807, 2.05) is 0 Å². The Morgan fingerprint density at radius 3 is 2.37 bits per heavy atom. The van der Waals surface area contributed by atoms with Gasteiger partial charge in [-0.1, -0.05) is 44.2 Å². The first-order valence-electron chi connectivity index (χ1n) is 9.96. The summed E-state index contributed by atoms with van der Waals surface area (Å²) in [7, 11) is 0. The van der Waals surface area contributed by atoms with Gasteiger partial charge in [-0.25, -0.2) is 0 Å². The highest BCUT2D eigenvalue weighted by molar-refractivity contribution is 5.46. The second kappa shape index (κ2) is 9.25. The fourth-order valence-electron chi connectivity index (χ4n) is 3.61. The lowest BCUT2D eigenvalue weighted by atomic mass is 10.0. The summed E-state index contributed by atoms with van der Waals surface area (Å²) in [6, 6.07) is 16.9. The Labute approximate surface area is 163 Å². The lowest BCUT2D eigenvalue weighted by molar-refractivity contribution is 0.0659. The van der Waals surface area contributed by atoms with Gasteiger partial charge >= 0.3 is 0 Å². The van der Waals surface area contributed by atoms with Crippen LogP contribution in [0.2, 0.25) is 0 Å². The molecule has 4 nitrogen and oxygen atoms in total. The van der Waals surface area contributed by atoms with E-state index in [1.54, 1.807) is 0 Å². The molecule has 0 amide bonds. The van der Waals surface area contributed by atoms with Crippen molar-refractivity contribution in [2.24, 2.45) is 0 Å². The Balaban J connectivity index is 1.47. The number of aliphatic hydroxyl groups is 1. The monoisotopic (exact) mass is 368 g/mol. The van der Waals surface area contributed by atoms with Gasteiger partial charge in [0.1, 0.15) is 18.5 Å². The summed E-state index contributed by atoms with van der Waals surface area (Å²) in [6.07, 6.45) is -0.478. The third-order valence-corrected chi connectivity index (χ3v) is 5.18. The Kier molecular flexibility index (Phi) is 6.75. The summed E-state index contributed by atoms with van der Waals surface area (Å²) >= 11 is 0. The molecule has 0 aromatic heterocycles. The first-order valence-corrected chi connectivity index (χ1v) is 9.96. The van der Waals surface area contributed by atoms with E-state index in [0.29, 0.717) is 19.1 Å². The van der Waals surface area contributed by atoms with E-state index in [2.05, 4.69) is 79.1 Å². The van der Waals surface area contributed by atoms with E-state index in [-0.39, 0.29) is 0 Å². The average Bonchev–Trinajstić information content (AvgIpc) is 2.67. The maximum absolute atomic E-state index is 10.5. The lowest BCUT2D eigenvalue weighted by Gasteiger charge is -2.36. The maximum Gasteiger partial charge on any atom is 0.123 e. The van der Waals surface area contributed by atoms with Gasteiger partial charge in [0.2, 0.25) is 0 Å². The summed E-state index contributed by atoms with van der Waals surface area (Å²) in [4.78, 5) is 4.73. The molecule has 3 rings (SSSR count). The van der Waals surface area contributed by atoms with Crippen molar-refractivity contribution in [1.29, 1.82) is 0 Å². The molecule has 1 saturated heterocycles. The summed E-state index contributed by atoms with van der Waals surface area (Å²) in [5.41, 5.74) is 3.66. The van der Waals surface area contributed by atoms with Crippen LogP contribution in [0, 0.1) is 6.92 Å². The molecule has 2 aromatic carbocycles. The molecule has 1 aliphatic heterocycles. The van der Waals surface area contributed by atoms with Gasteiger partial charge < -0.3 is 14.7 Å². The number of aliphatic hydroxyl groups excluding tert-OH is 1. The van der Waals surface area contributed by atoms with Gasteiger partial charge in [-0.2, -0.15) is 0 Å². The topological polar surface area (TPSA) is 35.9 Å². The van der Waals surface area contributed by atoms with Crippen LogP contribution in [0.15, 0.2) is 48.5 Å². The zero-order chi connectivity index (χ0) is 19.2. The highest BCUT2D eigenvalue weighted by Gasteiger charge is 2.20. The van der Waals surface area contributed by atoms with Gasteiger partial charge in [0, 0.05) is 38.4 Å². The fraction of sp³-hybridized carbons (Fsp3) is 0.478. The number of β-amino-alcohol motifs (C(OH)–C–C–N with tert-alkyl or cyclic N) is 1. The first-order chi connectivity index (χ1) is 13.0. The Morgan fingerprint density at radius 1 is 1.00 bits per heavy atom. The van der Waals surface area contributed by atoms with Crippen molar-refractivity contribution < 1.29 is 9.84 Å². The van der Waals surface area contributed by atoms with Crippen LogP contribution < -0.4 is 9.64 Å². The smallest absolute Gasteiger partial charge is 0.123 e. The van der Waals surface area contributed by atoms with Gasteiger partial charge in [0.05, 0.1) is 0 Å². The summed E-state index contributed by atoms with van der Waals surface area (Å²) < 4.78 is 5.99.